The van der Waals surface area contributed by atoms with Gasteiger partial charge in [0, 0.05) is 5.02 Å². The maximum absolute atomic E-state index is 13.0. The molecular weight excluding hydrogens is 279 g/mol. The van der Waals surface area contributed by atoms with E-state index in [1.807, 2.05) is 12.1 Å². The number of hydrogen-bond acceptors (Lipinski definition) is 3. The van der Waals surface area contributed by atoms with Crippen LogP contribution in [0, 0.1) is 5.82 Å². The van der Waals surface area contributed by atoms with Crippen LogP contribution in [0.15, 0.2) is 42.6 Å². The molecule has 0 saturated heterocycles. The first kappa shape index (κ1) is 12.6. The van der Waals surface area contributed by atoms with Crippen molar-refractivity contribution < 1.29 is 4.39 Å². The Labute approximate surface area is 119 Å². The number of aromatic nitrogens is 3. The number of H-pyrrole nitrogens is 1. The lowest BCUT2D eigenvalue weighted by molar-refractivity contribution is 0.622. The van der Waals surface area contributed by atoms with Crippen LogP contribution >= 0.6 is 11.6 Å². The maximum Gasteiger partial charge on any atom is 0.153 e. The Morgan fingerprint density at radius 2 is 2.05 bits per heavy atom. The second-order valence-electron chi connectivity index (χ2n) is 4.23. The zero-order valence-corrected chi connectivity index (χ0v) is 11.0. The fourth-order valence-electron chi connectivity index (χ4n) is 2.00. The Morgan fingerprint density at radius 3 is 2.75 bits per heavy atom. The van der Waals surface area contributed by atoms with E-state index in [1.54, 1.807) is 18.2 Å². The average Bonchev–Trinajstić information content (AvgIpc) is 2.81. The van der Waals surface area contributed by atoms with Gasteiger partial charge < -0.3 is 5.73 Å². The van der Waals surface area contributed by atoms with Crippen molar-refractivity contribution in [3.63, 3.8) is 0 Å². The first-order valence-electron chi connectivity index (χ1n) is 5.87. The number of aromatic amines is 1. The average molecular weight is 289 g/mol. The summed E-state index contributed by atoms with van der Waals surface area (Å²) >= 11 is 6.00. The number of pyridine rings is 1. The molecule has 2 aromatic heterocycles. The molecule has 6 heteroatoms. The minimum Gasteiger partial charge on any atom is -0.382 e. The van der Waals surface area contributed by atoms with Crippen molar-refractivity contribution in [3.05, 3.63) is 53.4 Å². The smallest absolute Gasteiger partial charge is 0.153 e. The summed E-state index contributed by atoms with van der Waals surface area (Å²) in [6, 6.07) is 10.2. The summed E-state index contributed by atoms with van der Waals surface area (Å²) in [5.41, 5.74) is 8.62. The van der Waals surface area contributed by atoms with Gasteiger partial charge in [-0.3, -0.25) is 10.1 Å². The summed E-state index contributed by atoms with van der Waals surface area (Å²) in [7, 11) is 0. The summed E-state index contributed by atoms with van der Waals surface area (Å²) in [5.74, 6) is -0.0565. The Morgan fingerprint density at radius 1 is 1.20 bits per heavy atom. The van der Waals surface area contributed by atoms with Crippen LogP contribution in [-0.4, -0.2) is 15.2 Å². The van der Waals surface area contributed by atoms with Gasteiger partial charge in [-0.2, -0.15) is 5.10 Å². The highest BCUT2D eigenvalue weighted by atomic mass is 35.5. The van der Waals surface area contributed by atoms with E-state index in [-0.39, 0.29) is 0 Å². The minimum absolute atomic E-state index is 0.341. The molecule has 3 rings (SSSR count). The molecule has 0 bridgehead atoms. The highest BCUT2D eigenvalue weighted by Gasteiger charge is 2.15. The lowest BCUT2D eigenvalue weighted by Crippen LogP contribution is -1.90. The number of halogens is 2. The quantitative estimate of drug-likeness (QED) is 0.758. The molecule has 3 aromatic rings. The van der Waals surface area contributed by atoms with Crippen LogP contribution in [0.5, 0.6) is 0 Å². The predicted octanol–water partition coefficient (Wildman–Crippen LogP) is 3.51. The van der Waals surface area contributed by atoms with Crippen LogP contribution in [0.1, 0.15) is 0 Å². The van der Waals surface area contributed by atoms with Crippen LogP contribution in [0.25, 0.3) is 22.5 Å². The van der Waals surface area contributed by atoms with Crippen molar-refractivity contribution in [2.75, 3.05) is 5.73 Å². The molecule has 3 N–H and O–H groups in total. The Bertz CT molecular complexity index is 752. The lowest BCUT2D eigenvalue weighted by atomic mass is 10.0. The summed E-state index contributed by atoms with van der Waals surface area (Å²) in [4.78, 5) is 4.04. The van der Waals surface area contributed by atoms with E-state index in [2.05, 4.69) is 15.2 Å². The SMILES string of the molecule is Nc1n[nH]c(-c2ccc(F)cn2)c1-c1cccc(Cl)c1. The number of nitrogens with one attached hydrogen (secondary N) is 1. The van der Waals surface area contributed by atoms with E-state index in [0.717, 1.165) is 11.8 Å². The van der Waals surface area contributed by atoms with Gasteiger partial charge in [0.25, 0.3) is 0 Å². The monoisotopic (exact) mass is 288 g/mol. The maximum atomic E-state index is 13.0. The first-order chi connectivity index (χ1) is 9.65. The number of rotatable bonds is 2. The number of nitrogens with two attached hydrogens (primary N) is 1. The van der Waals surface area contributed by atoms with E-state index in [4.69, 9.17) is 17.3 Å². The molecule has 4 nitrogen and oxygen atoms in total. The minimum atomic E-state index is -0.398. The zero-order valence-electron chi connectivity index (χ0n) is 10.3. The van der Waals surface area contributed by atoms with Gasteiger partial charge in [0.1, 0.15) is 5.82 Å². The van der Waals surface area contributed by atoms with Crippen molar-refractivity contribution in [3.8, 4) is 22.5 Å². The molecule has 0 amide bonds. The van der Waals surface area contributed by atoms with Crippen molar-refractivity contribution in [1.29, 1.82) is 0 Å². The standard InChI is InChI=1S/C14H10ClFN4/c15-9-3-1-2-8(6-9)12-13(19-20-14(12)17)11-5-4-10(16)7-18-11/h1-7H,(H3,17,19,20). The van der Waals surface area contributed by atoms with Crippen molar-refractivity contribution in [2.45, 2.75) is 0 Å². The van der Waals surface area contributed by atoms with E-state index < -0.39 is 5.82 Å². The third-order valence-electron chi connectivity index (χ3n) is 2.89. The number of nitrogens with zero attached hydrogens (tertiary/aromatic N) is 2. The molecule has 0 saturated carbocycles. The highest BCUT2D eigenvalue weighted by Crippen LogP contribution is 2.34. The Balaban J connectivity index is 2.17. The molecule has 0 aliphatic rings. The highest BCUT2D eigenvalue weighted by molar-refractivity contribution is 6.30. The molecule has 0 spiro atoms. The van der Waals surface area contributed by atoms with Gasteiger partial charge in [0.15, 0.2) is 5.82 Å². The van der Waals surface area contributed by atoms with Crippen molar-refractivity contribution >= 4 is 17.4 Å². The second kappa shape index (κ2) is 4.94. The molecule has 2 heterocycles. The van der Waals surface area contributed by atoms with Crippen molar-refractivity contribution in [1.82, 2.24) is 15.2 Å². The molecule has 20 heavy (non-hydrogen) atoms. The molecule has 0 fully saturated rings. The van der Waals surface area contributed by atoms with Crippen LogP contribution < -0.4 is 5.73 Å². The Kier molecular flexibility index (Phi) is 3.12. The van der Waals surface area contributed by atoms with Gasteiger partial charge in [-0.1, -0.05) is 23.7 Å². The topological polar surface area (TPSA) is 67.6 Å². The third kappa shape index (κ3) is 2.23. The number of hydrogen-bond donors (Lipinski definition) is 2. The van der Waals surface area contributed by atoms with Crippen LogP contribution in [0.2, 0.25) is 5.02 Å². The fourth-order valence-corrected chi connectivity index (χ4v) is 2.19. The summed E-state index contributed by atoms with van der Waals surface area (Å²) < 4.78 is 13.0. The van der Waals surface area contributed by atoms with Gasteiger partial charge >= 0.3 is 0 Å². The Hall–Kier alpha value is -2.40. The summed E-state index contributed by atoms with van der Waals surface area (Å²) in [6.07, 6.45) is 1.15. The molecule has 1 aromatic carbocycles. The molecule has 0 radical (unpaired) electrons. The number of benzene rings is 1. The first-order valence-corrected chi connectivity index (χ1v) is 6.24. The molecule has 0 aliphatic carbocycles. The molecule has 0 unspecified atom stereocenters. The van der Waals surface area contributed by atoms with E-state index in [0.29, 0.717) is 27.8 Å². The second-order valence-corrected chi connectivity index (χ2v) is 4.67. The van der Waals surface area contributed by atoms with Crippen molar-refractivity contribution in [2.24, 2.45) is 0 Å². The zero-order chi connectivity index (χ0) is 14.1. The van der Waals surface area contributed by atoms with Gasteiger partial charge in [0.05, 0.1) is 23.1 Å². The molecular formula is C14H10ClFN4. The lowest BCUT2D eigenvalue weighted by Gasteiger charge is -2.04. The normalized spacial score (nSPS) is 10.7. The van der Waals surface area contributed by atoms with Gasteiger partial charge in [0.2, 0.25) is 0 Å². The molecule has 100 valence electrons. The third-order valence-corrected chi connectivity index (χ3v) is 3.13. The van der Waals surface area contributed by atoms with Crippen LogP contribution in [-0.2, 0) is 0 Å². The number of nitrogen functional groups attached to an aromatic ring is 1. The van der Waals surface area contributed by atoms with Gasteiger partial charge in [-0.15, -0.1) is 0 Å². The molecule has 0 aliphatic heterocycles. The summed E-state index contributed by atoms with van der Waals surface area (Å²) in [5, 5.41) is 7.42. The summed E-state index contributed by atoms with van der Waals surface area (Å²) in [6.45, 7) is 0. The fraction of sp³-hybridized carbons (Fsp3) is 0. The van der Waals surface area contributed by atoms with E-state index >= 15 is 0 Å². The van der Waals surface area contributed by atoms with Gasteiger partial charge in [-0.25, -0.2) is 4.39 Å². The van der Waals surface area contributed by atoms with Crippen LogP contribution in [0.4, 0.5) is 10.2 Å². The molecule has 0 atom stereocenters. The number of anilines is 1. The van der Waals surface area contributed by atoms with E-state index in [1.165, 1.54) is 6.07 Å². The van der Waals surface area contributed by atoms with E-state index in [9.17, 15) is 4.39 Å². The van der Waals surface area contributed by atoms with Crippen LogP contribution in [0.3, 0.4) is 0 Å². The predicted molar refractivity (Wildman–Crippen MR) is 76.6 cm³/mol. The van der Waals surface area contributed by atoms with Gasteiger partial charge in [-0.05, 0) is 29.8 Å². The largest absolute Gasteiger partial charge is 0.382 e.